The third-order valence-electron chi connectivity index (χ3n) is 17.0. The first-order chi connectivity index (χ1) is 41.7. The van der Waals surface area contributed by atoms with Crippen LogP contribution in [0.3, 0.4) is 0 Å². The Labute approximate surface area is 483 Å². The number of nitrogens with zero attached hydrogens (tertiary/aromatic N) is 6. The Morgan fingerprint density at radius 2 is 0.821 bits per heavy atom. The molecule has 0 fully saturated rings. The van der Waals surface area contributed by atoms with E-state index in [1.165, 1.54) is 5.46 Å². The lowest BCUT2D eigenvalue weighted by atomic mass is 9.34. The second-order valence-corrected chi connectivity index (χ2v) is 21.7. The Bertz CT molecular complexity index is 4880. The van der Waals surface area contributed by atoms with Gasteiger partial charge < -0.3 is 37.9 Å². The quantitative estimate of drug-likeness (QED) is 0.137. The molecule has 4 aromatic heterocycles. The van der Waals surface area contributed by atoms with Crippen molar-refractivity contribution in [1.29, 1.82) is 0 Å². The molecule has 0 aliphatic carbocycles. The van der Waals surface area contributed by atoms with Crippen molar-refractivity contribution in [2.24, 2.45) is 0 Å². The standard InChI is InChI=1S/C72H44B2N6O4/c1-5-19-45(20-6-1)77(49-27-17-33-75-43-49)51-35-60-69-67(37-51)82-65-41-63-54(39-57(65)73(69)56-30-14-15-31-59(56)79(60)47-23-9-3-10-24-47)55-40-58-66(42-64(55)81-63)83-68-38-52(78(46-21-7-2-8-22-46)50-28-18-34-76-44-50)36-61-70(68)74(58)72-71(53-29-13-16-32-62(53)84-72)80(61)48-25-11-4-12-26-48/h1-44H. The highest BCUT2D eigenvalue weighted by molar-refractivity contribution is 7.00. The maximum atomic E-state index is 7.33. The SMILES string of the molecule is c1ccc(N(c2cccnc2)c2cc3c4c(c2)N(c2ccccc2)c2ccccc2B4c2cc4c(cc2O3)oc2cc3c(cc24)B2c4oc5ccccc5c4N(c4ccccc4)c4cc(N(c5ccccc5)c5cccnc5)cc(c42)O3)cc1. The van der Waals surface area contributed by atoms with Crippen molar-refractivity contribution in [1.82, 2.24) is 9.97 Å². The number of pyridine rings is 2. The van der Waals surface area contributed by atoms with Crippen molar-refractivity contribution in [3.8, 4) is 23.0 Å². The summed E-state index contributed by atoms with van der Waals surface area (Å²) in [7, 11) is 0. The number of ether oxygens (including phenoxy) is 2. The van der Waals surface area contributed by atoms with E-state index in [2.05, 4.69) is 242 Å². The van der Waals surface area contributed by atoms with Crippen LogP contribution in [0.1, 0.15) is 0 Å². The second-order valence-electron chi connectivity index (χ2n) is 21.7. The van der Waals surface area contributed by atoms with Crippen molar-refractivity contribution < 1.29 is 18.3 Å². The van der Waals surface area contributed by atoms with Crippen LogP contribution in [0.2, 0.25) is 0 Å². The van der Waals surface area contributed by atoms with Crippen molar-refractivity contribution in [2.75, 3.05) is 19.6 Å². The van der Waals surface area contributed by atoms with Gasteiger partial charge >= 0.3 is 6.71 Å². The van der Waals surface area contributed by atoms with E-state index in [0.29, 0.717) is 16.9 Å². The number of hydrogen-bond donors (Lipinski definition) is 0. The largest absolute Gasteiger partial charge is 0.468 e. The highest BCUT2D eigenvalue weighted by atomic mass is 16.5. The molecule has 12 heteroatoms. The first kappa shape index (κ1) is 46.5. The van der Waals surface area contributed by atoms with Crippen LogP contribution in [0.25, 0.3) is 32.9 Å². The van der Waals surface area contributed by atoms with Gasteiger partial charge in [0, 0.05) is 98.1 Å². The third kappa shape index (κ3) is 6.94. The molecule has 4 aliphatic heterocycles. The van der Waals surface area contributed by atoms with Crippen molar-refractivity contribution in [3.05, 3.63) is 267 Å². The van der Waals surface area contributed by atoms with Crippen LogP contribution in [-0.2, 0) is 0 Å². The van der Waals surface area contributed by atoms with E-state index in [0.717, 1.165) is 135 Å². The molecular formula is C72H44B2N6O4. The van der Waals surface area contributed by atoms with Gasteiger partial charge in [-0.05, 0) is 125 Å². The summed E-state index contributed by atoms with van der Waals surface area (Å²) in [6, 6.07) is 85.1. The molecule has 0 bridgehead atoms. The average molecular weight is 1080 g/mol. The number of rotatable bonds is 8. The molecule has 392 valence electrons. The minimum Gasteiger partial charge on any atom is -0.468 e. The van der Waals surface area contributed by atoms with Crippen molar-refractivity contribution in [3.63, 3.8) is 0 Å². The number of anilines is 12. The Hall–Kier alpha value is -11.2. The molecule has 14 aromatic rings. The molecule has 0 spiro atoms. The number of hydrogen-bond acceptors (Lipinski definition) is 10. The summed E-state index contributed by atoms with van der Waals surface area (Å²) >= 11 is 0. The summed E-state index contributed by atoms with van der Waals surface area (Å²) in [5.74, 6) is 2.92. The number of fused-ring (bicyclic) bond motifs is 13. The number of furan rings is 2. The predicted molar refractivity (Wildman–Crippen MR) is 340 cm³/mol. The molecule has 18 rings (SSSR count). The first-order valence-electron chi connectivity index (χ1n) is 28.2. The fourth-order valence-electron chi connectivity index (χ4n) is 13.6. The summed E-state index contributed by atoms with van der Waals surface area (Å²) < 4.78 is 28.9. The fourth-order valence-corrected chi connectivity index (χ4v) is 13.6. The Morgan fingerprint density at radius 3 is 1.40 bits per heavy atom. The highest BCUT2D eigenvalue weighted by Crippen LogP contribution is 2.50. The van der Waals surface area contributed by atoms with E-state index < -0.39 is 0 Å². The summed E-state index contributed by atoms with van der Waals surface area (Å²) in [6.07, 6.45) is 7.43. The smallest absolute Gasteiger partial charge is 0.301 e. The molecule has 10 aromatic carbocycles. The number of benzene rings is 10. The topological polar surface area (TPSA) is 83.5 Å². The molecule has 0 amide bonds. The lowest BCUT2D eigenvalue weighted by Crippen LogP contribution is -2.59. The predicted octanol–water partition coefficient (Wildman–Crippen LogP) is 14.9. The number of para-hydroxylation sites is 6. The van der Waals surface area contributed by atoms with Crippen LogP contribution in [0.5, 0.6) is 23.0 Å². The van der Waals surface area contributed by atoms with Gasteiger partial charge in [0.1, 0.15) is 39.7 Å². The molecule has 0 saturated carbocycles. The Balaban J connectivity index is 0.854. The van der Waals surface area contributed by atoms with Crippen LogP contribution < -0.4 is 62.0 Å². The molecule has 0 N–H and O–H groups in total. The van der Waals surface area contributed by atoms with Crippen LogP contribution in [0.4, 0.5) is 68.2 Å². The van der Waals surface area contributed by atoms with Crippen LogP contribution in [0, 0.1) is 0 Å². The van der Waals surface area contributed by atoms with E-state index >= 15 is 0 Å². The zero-order valence-corrected chi connectivity index (χ0v) is 44.9. The van der Waals surface area contributed by atoms with Gasteiger partial charge in [0.25, 0.3) is 6.71 Å². The summed E-state index contributed by atoms with van der Waals surface area (Å²) in [5.41, 5.74) is 20.2. The molecule has 10 nitrogen and oxygen atoms in total. The van der Waals surface area contributed by atoms with Gasteiger partial charge in [-0.2, -0.15) is 0 Å². The van der Waals surface area contributed by atoms with Crippen molar-refractivity contribution >= 4 is 148 Å². The van der Waals surface area contributed by atoms with Gasteiger partial charge in [-0.25, -0.2) is 0 Å². The van der Waals surface area contributed by atoms with E-state index in [-0.39, 0.29) is 13.4 Å². The zero-order chi connectivity index (χ0) is 55.0. The normalized spacial score (nSPS) is 13.1. The second kappa shape index (κ2) is 18.1. The molecule has 4 aliphatic rings. The molecule has 0 unspecified atom stereocenters. The van der Waals surface area contributed by atoms with Gasteiger partial charge in [-0.1, -0.05) is 115 Å². The zero-order valence-electron chi connectivity index (χ0n) is 44.9. The Morgan fingerprint density at radius 1 is 0.333 bits per heavy atom. The maximum Gasteiger partial charge on any atom is 0.301 e. The first-order valence-corrected chi connectivity index (χ1v) is 28.2. The van der Waals surface area contributed by atoms with Crippen LogP contribution >= 0.6 is 0 Å². The Kier molecular flexibility index (Phi) is 10.0. The van der Waals surface area contributed by atoms with Crippen LogP contribution in [0.15, 0.2) is 276 Å². The summed E-state index contributed by atoms with van der Waals surface area (Å²) in [6.45, 7) is -0.539. The lowest BCUT2D eigenvalue weighted by molar-refractivity contribution is 0.486. The van der Waals surface area contributed by atoms with Gasteiger partial charge in [-0.3, -0.25) is 9.97 Å². The van der Waals surface area contributed by atoms with E-state index in [1.807, 2.05) is 48.9 Å². The summed E-state index contributed by atoms with van der Waals surface area (Å²) in [4.78, 5) is 18.4. The monoisotopic (exact) mass is 1080 g/mol. The van der Waals surface area contributed by atoms with Gasteiger partial charge in [0.15, 0.2) is 0 Å². The lowest BCUT2D eigenvalue weighted by Gasteiger charge is -2.41. The molecule has 0 atom stereocenters. The van der Waals surface area contributed by atoms with E-state index in [9.17, 15) is 0 Å². The van der Waals surface area contributed by atoms with Crippen LogP contribution in [-0.4, -0.2) is 23.4 Å². The summed E-state index contributed by atoms with van der Waals surface area (Å²) in [5, 5.41) is 2.97. The van der Waals surface area contributed by atoms with Gasteiger partial charge in [0.05, 0.1) is 46.5 Å². The fraction of sp³-hybridized carbons (Fsp3) is 0. The molecule has 0 radical (unpaired) electrons. The minimum atomic E-state index is -0.353. The van der Waals surface area contributed by atoms with Gasteiger partial charge in [-0.15, -0.1) is 0 Å². The average Bonchev–Trinajstić information content (AvgIpc) is 1.75. The molecule has 84 heavy (non-hydrogen) atoms. The molecular weight excluding hydrogens is 1030 g/mol. The van der Waals surface area contributed by atoms with Crippen molar-refractivity contribution in [2.45, 2.75) is 0 Å². The third-order valence-corrected chi connectivity index (χ3v) is 17.0. The molecule has 8 heterocycles. The van der Waals surface area contributed by atoms with Gasteiger partial charge in [0.2, 0.25) is 0 Å². The maximum absolute atomic E-state index is 7.33. The molecule has 0 saturated heterocycles. The highest BCUT2D eigenvalue weighted by Gasteiger charge is 2.48. The minimum absolute atomic E-state index is 0.186. The number of aromatic nitrogens is 2. The van der Waals surface area contributed by atoms with E-state index in [4.69, 9.17) is 18.3 Å². The van der Waals surface area contributed by atoms with E-state index in [1.54, 1.807) is 6.20 Å².